The van der Waals surface area contributed by atoms with Crippen LogP contribution in [0.15, 0.2) is 24.8 Å². The predicted molar refractivity (Wildman–Crippen MR) is 55.4 cm³/mol. The summed E-state index contributed by atoms with van der Waals surface area (Å²) in [5, 5.41) is 9.66. The molecule has 0 aliphatic heterocycles. The van der Waals surface area contributed by atoms with Gasteiger partial charge in [-0.2, -0.15) is 0 Å². The maximum Gasteiger partial charge on any atom is 0.153 e. The summed E-state index contributed by atoms with van der Waals surface area (Å²) in [5.41, 5.74) is 7.37. The molecule has 0 amide bonds. The Morgan fingerprint density at radius 3 is 2.71 bits per heavy atom. The van der Waals surface area contributed by atoms with Crippen molar-refractivity contribution in [1.29, 1.82) is 0 Å². The molecule has 1 aromatic carbocycles. The molecule has 0 unspecified atom stereocenters. The summed E-state index contributed by atoms with van der Waals surface area (Å²) >= 11 is 0. The molecule has 1 rings (SSSR count). The van der Waals surface area contributed by atoms with Crippen molar-refractivity contribution in [3.05, 3.63) is 41.5 Å². The number of aldehydes is 1. The number of carbonyl (C=O) groups excluding carboxylic acids is 1. The van der Waals surface area contributed by atoms with Crippen molar-refractivity contribution >= 4 is 6.29 Å². The van der Waals surface area contributed by atoms with E-state index < -0.39 is 6.04 Å². The monoisotopic (exact) mass is 191 g/mol. The second-order valence-electron chi connectivity index (χ2n) is 3.17. The van der Waals surface area contributed by atoms with Crippen LogP contribution in [0.5, 0.6) is 5.75 Å². The minimum atomic E-state index is -0.450. The SMILES string of the molecule is C=C[C@H](N)c1cc(C)cc(C=O)c1O. The Morgan fingerprint density at radius 1 is 1.57 bits per heavy atom. The fourth-order valence-electron chi connectivity index (χ4n) is 1.31. The Labute approximate surface area is 82.9 Å². The fraction of sp³-hybridized carbons (Fsp3) is 0.182. The number of rotatable bonds is 3. The molecule has 0 spiro atoms. The molecule has 0 heterocycles. The van der Waals surface area contributed by atoms with Crippen LogP contribution in [0.1, 0.15) is 27.5 Å². The van der Waals surface area contributed by atoms with Crippen molar-refractivity contribution in [3.63, 3.8) is 0 Å². The molecular formula is C11H13NO2. The van der Waals surface area contributed by atoms with Gasteiger partial charge in [0.1, 0.15) is 5.75 Å². The molecule has 0 radical (unpaired) electrons. The topological polar surface area (TPSA) is 63.3 Å². The number of phenols is 1. The first-order chi connectivity index (χ1) is 6.60. The maximum absolute atomic E-state index is 10.6. The third-order valence-electron chi connectivity index (χ3n) is 2.05. The van der Waals surface area contributed by atoms with Crippen LogP contribution in [-0.2, 0) is 0 Å². The van der Waals surface area contributed by atoms with Gasteiger partial charge in [0.15, 0.2) is 6.29 Å². The summed E-state index contributed by atoms with van der Waals surface area (Å²) in [5.74, 6) is -0.0574. The van der Waals surface area contributed by atoms with Gasteiger partial charge in [0.05, 0.1) is 11.6 Å². The molecule has 0 aromatic heterocycles. The molecule has 74 valence electrons. The van der Waals surface area contributed by atoms with Crippen LogP contribution >= 0.6 is 0 Å². The molecule has 1 aromatic rings. The molecule has 0 bridgehead atoms. The van der Waals surface area contributed by atoms with Crippen LogP contribution in [0.2, 0.25) is 0 Å². The molecule has 3 nitrogen and oxygen atoms in total. The highest BCUT2D eigenvalue weighted by Gasteiger charge is 2.11. The molecule has 1 atom stereocenters. The first-order valence-electron chi connectivity index (χ1n) is 4.27. The largest absolute Gasteiger partial charge is 0.507 e. The summed E-state index contributed by atoms with van der Waals surface area (Å²) in [6.45, 7) is 5.38. The van der Waals surface area contributed by atoms with Gasteiger partial charge in [-0.15, -0.1) is 6.58 Å². The lowest BCUT2D eigenvalue weighted by atomic mass is 10.00. The van der Waals surface area contributed by atoms with Crippen LogP contribution < -0.4 is 5.73 Å². The van der Waals surface area contributed by atoms with E-state index in [0.29, 0.717) is 11.8 Å². The fourth-order valence-corrected chi connectivity index (χ4v) is 1.31. The zero-order chi connectivity index (χ0) is 10.7. The van der Waals surface area contributed by atoms with Gasteiger partial charge in [0.2, 0.25) is 0 Å². The van der Waals surface area contributed by atoms with E-state index in [2.05, 4.69) is 6.58 Å². The van der Waals surface area contributed by atoms with Crippen molar-refractivity contribution in [2.24, 2.45) is 5.73 Å². The van der Waals surface area contributed by atoms with Gasteiger partial charge in [-0.25, -0.2) is 0 Å². The van der Waals surface area contributed by atoms with Gasteiger partial charge in [-0.1, -0.05) is 12.1 Å². The average Bonchev–Trinajstić information content (AvgIpc) is 2.19. The standard InChI is InChI=1S/C11H13NO2/c1-3-10(12)9-5-7(2)4-8(6-13)11(9)14/h3-6,10,14H,1,12H2,2H3/t10-/m0/s1. The zero-order valence-corrected chi connectivity index (χ0v) is 8.03. The van der Waals surface area contributed by atoms with Gasteiger partial charge >= 0.3 is 0 Å². The highest BCUT2D eigenvalue weighted by molar-refractivity contribution is 5.80. The summed E-state index contributed by atoms with van der Waals surface area (Å²) in [6.07, 6.45) is 2.13. The Hall–Kier alpha value is -1.61. The van der Waals surface area contributed by atoms with Crippen molar-refractivity contribution < 1.29 is 9.90 Å². The Morgan fingerprint density at radius 2 is 2.21 bits per heavy atom. The molecule has 0 aliphatic carbocycles. The highest BCUT2D eigenvalue weighted by atomic mass is 16.3. The van der Waals surface area contributed by atoms with Gasteiger partial charge in [-0.05, 0) is 18.6 Å². The van der Waals surface area contributed by atoms with Crippen LogP contribution in [0.3, 0.4) is 0 Å². The normalized spacial score (nSPS) is 12.1. The Kier molecular flexibility index (Phi) is 3.04. The van der Waals surface area contributed by atoms with Gasteiger partial charge in [0.25, 0.3) is 0 Å². The molecule has 0 aliphatic rings. The van der Waals surface area contributed by atoms with E-state index in [1.54, 1.807) is 12.1 Å². The zero-order valence-electron chi connectivity index (χ0n) is 8.03. The lowest BCUT2D eigenvalue weighted by Gasteiger charge is -2.11. The molecule has 0 fully saturated rings. The number of aromatic hydroxyl groups is 1. The second-order valence-corrected chi connectivity index (χ2v) is 3.17. The lowest BCUT2D eigenvalue weighted by molar-refractivity contribution is 0.112. The minimum Gasteiger partial charge on any atom is -0.507 e. The van der Waals surface area contributed by atoms with Crippen molar-refractivity contribution in [1.82, 2.24) is 0 Å². The predicted octanol–water partition coefficient (Wildman–Crippen LogP) is 1.70. The summed E-state index contributed by atoms with van der Waals surface area (Å²) in [7, 11) is 0. The number of carbonyl (C=O) groups is 1. The number of benzene rings is 1. The molecule has 3 heteroatoms. The highest BCUT2D eigenvalue weighted by Crippen LogP contribution is 2.27. The number of aryl methyl sites for hydroxylation is 1. The number of hydrogen-bond acceptors (Lipinski definition) is 3. The van der Waals surface area contributed by atoms with Gasteiger partial charge in [-0.3, -0.25) is 4.79 Å². The van der Waals surface area contributed by atoms with E-state index in [1.165, 1.54) is 6.08 Å². The van der Waals surface area contributed by atoms with E-state index in [4.69, 9.17) is 5.73 Å². The van der Waals surface area contributed by atoms with E-state index in [1.807, 2.05) is 6.92 Å². The number of nitrogens with two attached hydrogens (primary N) is 1. The summed E-state index contributed by atoms with van der Waals surface area (Å²) in [4.78, 5) is 10.6. The Bertz CT molecular complexity index is 372. The van der Waals surface area contributed by atoms with E-state index in [-0.39, 0.29) is 11.3 Å². The molecule has 0 saturated carbocycles. The Balaban J connectivity index is 3.35. The minimum absolute atomic E-state index is 0.0574. The maximum atomic E-state index is 10.6. The second kappa shape index (κ2) is 4.07. The van der Waals surface area contributed by atoms with Crippen molar-refractivity contribution in [2.75, 3.05) is 0 Å². The van der Waals surface area contributed by atoms with Crippen LogP contribution in [0.4, 0.5) is 0 Å². The molecular weight excluding hydrogens is 178 g/mol. The van der Waals surface area contributed by atoms with Crippen molar-refractivity contribution in [2.45, 2.75) is 13.0 Å². The molecule has 14 heavy (non-hydrogen) atoms. The third-order valence-corrected chi connectivity index (χ3v) is 2.05. The van der Waals surface area contributed by atoms with E-state index in [0.717, 1.165) is 5.56 Å². The summed E-state index contributed by atoms with van der Waals surface area (Å²) < 4.78 is 0. The number of phenolic OH excluding ortho intramolecular Hbond substituents is 1. The third kappa shape index (κ3) is 1.83. The molecule has 3 N–H and O–H groups in total. The molecule has 0 saturated heterocycles. The smallest absolute Gasteiger partial charge is 0.153 e. The quantitative estimate of drug-likeness (QED) is 0.564. The van der Waals surface area contributed by atoms with E-state index >= 15 is 0 Å². The summed E-state index contributed by atoms with van der Waals surface area (Å²) in [6, 6.07) is 2.91. The van der Waals surface area contributed by atoms with Crippen LogP contribution in [0.25, 0.3) is 0 Å². The first-order valence-corrected chi connectivity index (χ1v) is 4.27. The first kappa shape index (κ1) is 10.5. The van der Waals surface area contributed by atoms with Crippen LogP contribution in [0, 0.1) is 6.92 Å². The number of hydrogen-bond donors (Lipinski definition) is 2. The van der Waals surface area contributed by atoms with E-state index in [9.17, 15) is 9.90 Å². The van der Waals surface area contributed by atoms with Gasteiger partial charge in [0, 0.05) is 5.56 Å². The lowest BCUT2D eigenvalue weighted by Crippen LogP contribution is -2.08. The van der Waals surface area contributed by atoms with Gasteiger partial charge < -0.3 is 10.8 Å². The van der Waals surface area contributed by atoms with Crippen LogP contribution in [-0.4, -0.2) is 11.4 Å². The average molecular weight is 191 g/mol. The van der Waals surface area contributed by atoms with Crippen molar-refractivity contribution in [3.8, 4) is 5.75 Å².